The molecule has 0 bridgehead atoms. The predicted molar refractivity (Wildman–Crippen MR) is 62.4 cm³/mol. The molecule has 1 fully saturated rings. The predicted octanol–water partition coefficient (Wildman–Crippen LogP) is -0.222. The van der Waals surface area contributed by atoms with Gasteiger partial charge in [0.05, 0.1) is 5.92 Å². The number of hydroxylamine groups is 1. The van der Waals surface area contributed by atoms with Crippen LogP contribution in [0.1, 0.15) is 32.1 Å². The van der Waals surface area contributed by atoms with Crippen LogP contribution in [0.2, 0.25) is 0 Å². The van der Waals surface area contributed by atoms with Crippen molar-refractivity contribution in [3.8, 4) is 0 Å². The highest BCUT2D eigenvalue weighted by atomic mass is 16.5. The Morgan fingerprint density at radius 1 is 1.35 bits per heavy atom. The van der Waals surface area contributed by atoms with Gasteiger partial charge in [-0.1, -0.05) is 0 Å². The van der Waals surface area contributed by atoms with Gasteiger partial charge in [0.1, 0.15) is 0 Å². The maximum absolute atomic E-state index is 11.7. The topological polar surface area (TPSA) is 90.5 Å². The molecule has 6 nitrogen and oxygen atoms in total. The number of amides is 2. The van der Waals surface area contributed by atoms with Gasteiger partial charge in [0.15, 0.2) is 0 Å². The van der Waals surface area contributed by atoms with E-state index in [2.05, 4.69) is 10.6 Å². The lowest BCUT2D eigenvalue weighted by Crippen LogP contribution is -2.40. The Kier molecular flexibility index (Phi) is 6.57. The van der Waals surface area contributed by atoms with Gasteiger partial charge in [-0.2, -0.15) is 0 Å². The number of piperidine rings is 1. The van der Waals surface area contributed by atoms with Crippen LogP contribution in [0.4, 0.5) is 0 Å². The molecule has 2 amide bonds. The van der Waals surface area contributed by atoms with Crippen LogP contribution in [0, 0.1) is 5.92 Å². The van der Waals surface area contributed by atoms with Crippen molar-refractivity contribution in [3.63, 3.8) is 0 Å². The second-order valence-electron chi connectivity index (χ2n) is 4.33. The van der Waals surface area contributed by atoms with E-state index >= 15 is 0 Å². The zero-order valence-corrected chi connectivity index (χ0v) is 10.00. The number of unbranched alkanes of at least 4 members (excludes halogenated alkanes) is 1. The summed E-state index contributed by atoms with van der Waals surface area (Å²) in [6.07, 6.45) is 3.70. The van der Waals surface area contributed by atoms with Crippen LogP contribution in [0.5, 0.6) is 0 Å². The van der Waals surface area contributed by atoms with Gasteiger partial charge in [0.25, 0.3) is 0 Å². The molecule has 1 rings (SSSR count). The van der Waals surface area contributed by atoms with Crippen LogP contribution < -0.4 is 16.1 Å². The van der Waals surface area contributed by atoms with Gasteiger partial charge >= 0.3 is 0 Å². The zero-order valence-electron chi connectivity index (χ0n) is 10.00. The third kappa shape index (κ3) is 5.65. The summed E-state index contributed by atoms with van der Waals surface area (Å²) in [5.41, 5.74) is 1.58. The molecule has 1 aliphatic heterocycles. The van der Waals surface area contributed by atoms with Crippen molar-refractivity contribution < 1.29 is 14.8 Å². The van der Waals surface area contributed by atoms with Gasteiger partial charge in [0.2, 0.25) is 11.8 Å². The van der Waals surface area contributed by atoms with Crippen molar-refractivity contribution in [1.29, 1.82) is 0 Å². The van der Waals surface area contributed by atoms with Gasteiger partial charge in [-0.15, -0.1) is 0 Å². The highest BCUT2D eigenvalue weighted by Crippen LogP contribution is 2.09. The Balaban J connectivity index is 2.01. The first-order valence-electron chi connectivity index (χ1n) is 6.15. The molecule has 0 radical (unpaired) electrons. The second kappa shape index (κ2) is 8.03. The monoisotopic (exact) mass is 243 g/mol. The third-order valence-corrected chi connectivity index (χ3v) is 2.92. The van der Waals surface area contributed by atoms with Crippen LogP contribution in [0.25, 0.3) is 0 Å². The Labute approximate surface area is 101 Å². The maximum atomic E-state index is 11.7. The smallest absolute Gasteiger partial charge is 0.243 e. The molecule has 6 heteroatoms. The van der Waals surface area contributed by atoms with Crippen LogP contribution in [-0.2, 0) is 9.59 Å². The molecule has 17 heavy (non-hydrogen) atoms. The lowest BCUT2D eigenvalue weighted by atomic mass is 9.99. The number of hydrogen-bond acceptors (Lipinski definition) is 4. The Morgan fingerprint density at radius 3 is 2.82 bits per heavy atom. The molecule has 1 unspecified atom stereocenters. The van der Waals surface area contributed by atoms with E-state index in [4.69, 9.17) is 5.21 Å². The molecule has 1 aliphatic rings. The lowest BCUT2D eigenvalue weighted by Gasteiger charge is -2.21. The van der Waals surface area contributed by atoms with Crippen molar-refractivity contribution in [2.75, 3.05) is 19.6 Å². The van der Waals surface area contributed by atoms with Gasteiger partial charge in [-0.05, 0) is 32.2 Å². The van der Waals surface area contributed by atoms with E-state index in [1.54, 1.807) is 5.48 Å². The summed E-state index contributed by atoms with van der Waals surface area (Å²) >= 11 is 0. The van der Waals surface area contributed by atoms with E-state index in [1.165, 1.54) is 0 Å². The van der Waals surface area contributed by atoms with E-state index in [0.29, 0.717) is 13.0 Å². The minimum atomic E-state index is -0.382. The number of carbonyl (C=O) groups excluding carboxylic acids is 2. The van der Waals surface area contributed by atoms with E-state index in [9.17, 15) is 9.59 Å². The van der Waals surface area contributed by atoms with Crippen molar-refractivity contribution in [2.45, 2.75) is 32.1 Å². The van der Waals surface area contributed by atoms with Gasteiger partial charge in [0, 0.05) is 19.5 Å². The molecule has 1 heterocycles. The largest absolute Gasteiger partial charge is 0.356 e. The zero-order chi connectivity index (χ0) is 12.5. The molecule has 1 atom stereocenters. The van der Waals surface area contributed by atoms with Crippen molar-refractivity contribution in [2.24, 2.45) is 5.92 Å². The Hall–Kier alpha value is -1.14. The average Bonchev–Trinajstić information content (AvgIpc) is 2.38. The highest BCUT2D eigenvalue weighted by molar-refractivity contribution is 5.79. The minimum Gasteiger partial charge on any atom is -0.356 e. The first-order valence-corrected chi connectivity index (χ1v) is 6.15. The fourth-order valence-electron chi connectivity index (χ4n) is 1.90. The molecule has 0 aliphatic carbocycles. The molecule has 0 aromatic rings. The molecule has 4 N–H and O–H groups in total. The summed E-state index contributed by atoms with van der Waals surface area (Å²) in [6.45, 7) is 2.35. The molecular weight excluding hydrogens is 222 g/mol. The van der Waals surface area contributed by atoms with Crippen LogP contribution in [0.15, 0.2) is 0 Å². The summed E-state index contributed by atoms with van der Waals surface area (Å²) in [5.74, 6) is -0.193. The van der Waals surface area contributed by atoms with Crippen molar-refractivity contribution in [1.82, 2.24) is 16.1 Å². The third-order valence-electron chi connectivity index (χ3n) is 2.92. The lowest BCUT2D eigenvalue weighted by molar-refractivity contribution is -0.129. The van der Waals surface area contributed by atoms with E-state index < -0.39 is 0 Å². The molecule has 0 saturated carbocycles. The number of hydrogen-bond donors (Lipinski definition) is 4. The molecule has 98 valence electrons. The Bertz CT molecular complexity index is 252. The second-order valence-corrected chi connectivity index (χ2v) is 4.33. The fourth-order valence-corrected chi connectivity index (χ4v) is 1.90. The first kappa shape index (κ1) is 13.9. The summed E-state index contributed by atoms with van der Waals surface area (Å²) in [5, 5.41) is 14.3. The van der Waals surface area contributed by atoms with E-state index in [0.717, 1.165) is 32.4 Å². The van der Waals surface area contributed by atoms with Crippen LogP contribution >= 0.6 is 0 Å². The molecule has 1 saturated heterocycles. The molecule has 0 spiro atoms. The summed E-state index contributed by atoms with van der Waals surface area (Å²) < 4.78 is 0. The fraction of sp³-hybridized carbons (Fsp3) is 0.818. The molecular formula is C11H21N3O3. The summed E-state index contributed by atoms with van der Waals surface area (Å²) in [6, 6.07) is 0. The Morgan fingerprint density at radius 2 is 2.18 bits per heavy atom. The van der Waals surface area contributed by atoms with Crippen LogP contribution in [0.3, 0.4) is 0 Å². The summed E-state index contributed by atoms with van der Waals surface area (Å²) in [4.78, 5) is 22.4. The number of rotatable bonds is 6. The minimum absolute atomic E-state index is 0.0875. The molecule has 0 aromatic carbocycles. The van der Waals surface area contributed by atoms with Gasteiger partial charge in [-0.25, -0.2) is 5.48 Å². The summed E-state index contributed by atoms with van der Waals surface area (Å²) in [7, 11) is 0. The average molecular weight is 243 g/mol. The molecule has 0 aromatic heterocycles. The van der Waals surface area contributed by atoms with Gasteiger partial charge < -0.3 is 10.6 Å². The maximum Gasteiger partial charge on any atom is 0.243 e. The quantitative estimate of drug-likeness (QED) is 0.295. The standard InChI is InChI=1S/C11H21N3O3/c15-10(14-17)5-1-2-7-13-11(16)9-4-3-6-12-8-9/h9,12,17H,1-8H2,(H,13,16)(H,14,15). The van der Waals surface area contributed by atoms with E-state index in [-0.39, 0.29) is 24.2 Å². The highest BCUT2D eigenvalue weighted by Gasteiger charge is 2.19. The normalized spacial score (nSPS) is 19.7. The SMILES string of the molecule is O=C(CCCCNC(=O)C1CCCNC1)NO. The van der Waals surface area contributed by atoms with E-state index in [1.807, 2.05) is 0 Å². The first-order chi connectivity index (χ1) is 8.24. The number of carbonyl (C=O) groups is 2. The van der Waals surface area contributed by atoms with Crippen molar-refractivity contribution >= 4 is 11.8 Å². The van der Waals surface area contributed by atoms with Gasteiger partial charge in [-0.3, -0.25) is 14.8 Å². The van der Waals surface area contributed by atoms with Crippen molar-refractivity contribution in [3.05, 3.63) is 0 Å². The van der Waals surface area contributed by atoms with Crippen LogP contribution in [-0.4, -0.2) is 36.7 Å². The number of nitrogens with one attached hydrogen (secondary N) is 3.